The van der Waals surface area contributed by atoms with E-state index in [-0.39, 0.29) is 5.41 Å². The highest BCUT2D eigenvalue weighted by atomic mass is 15.1. The summed E-state index contributed by atoms with van der Waals surface area (Å²) in [5.74, 6) is 0. The lowest BCUT2D eigenvalue weighted by Gasteiger charge is -2.22. The number of hydrogen-bond donors (Lipinski definition) is 4. The first kappa shape index (κ1) is 18.2. The molecule has 4 rings (SSSR count). The Hall–Kier alpha value is -3.14. The van der Waals surface area contributed by atoms with Crippen LogP contribution >= 0.6 is 0 Å². The fourth-order valence-electron chi connectivity index (χ4n) is 3.33. The Morgan fingerprint density at radius 3 is 2.79 bits per heavy atom. The molecule has 2 heterocycles. The SMILES string of the molecule is CC(C)(CN)CNCc1ccc2[nH]c(-c3n[nH]c4cc(C#N)ccc34)cc2c1. The van der Waals surface area contributed by atoms with Gasteiger partial charge in [-0.3, -0.25) is 5.10 Å². The molecule has 0 saturated heterocycles. The van der Waals surface area contributed by atoms with Crippen LogP contribution in [0, 0.1) is 16.7 Å². The summed E-state index contributed by atoms with van der Waals surface area (Å²) in [6.45, 7) is 6.67. The molecule has 6 heteroatoms. The molecule has 0 radical (unpaired) electrons. The molecular weight excluding hydrogens is 348 g/mol. The first-order chi connectivity index (χ1) is 13.5. The predicted molar refractivity (Wildman–Crippen MR) is 113 cm³/mol. The van der Waals surface area contributed by atoms with E-state index in [1.807, 2.05) is 18.2 Å². The van der Waals surface area contributed by atoms with Crippen molar-refractivity contribution in [2.45, 2.75) is 20.4 Å². The number of aromatic amines is 2. The molecule has 2 aromatic heterocycles. The van der Waals surface area contributed by atoms with Crippen molar-refractivity contribution in [2.24, 2.45) is 11.1 Å². The lowest BCUT2D eigenvalue weighted by Crippen LogP contribution is -2.35. The van der Waals surface area contributed by atoms with Gasteiger partial charge < -0.3 is 16.0 Å². The van der Waals surface area contributed by atoms with Crippen LogP contribution in [-0.4, -0.2) is 28.3 Å². The van der Waals surface area contributed by atoms with Gasteiger partial charge in [0.15, 0.2) is 0 Å². The Morgan fingerprint density at radius 1 is 1.14 bits per heavy atom. The minimum atomic E-state index is 0.0950. The summed E-state index contributed by atoms with van der Waals surface area (Å²) in [5.41, 5.74) is 11.5. The maximum absolute atomic E-state index is 9.06. The number of H-pyrrole nitrogens is 2. The number of nitrogens with zero attached hydrogens (tertiary/aromatic N) is 2. The summed E-state index contributed by atoms with van der Waals surface area (Å²) in [6.07, 6.45) is 0. The second-order valence-electron chi connectivity index (χ2n) is 8.02. The summed E-state index contributed by atoms with van der Waals surface area (Å²) in [7, 11) is 0. The van der Waals surface area contributed by atoms with Crippen LogP contribution in [0.2, 0.25) is 0 Å². The van der Waals surface area contributed by atoms with Crippen molar-refractivity contribution in [3.63, 3.8) is 0 Å². The molecule has 0 fully saturated rings. The number of nitriles is 1. The zero-order valence-electron chi connectivity index (χ0n) is 16.1. The van der Waals surface area contributed by atoms with Crippen molar-refractivity contribution in [2.75, 3.05) is 13.1 Å². The molecule has 0 saturated carbocycles. The Morgan fingerprint density at radius 2 is 2.00 bits per heavy atom. The fraction of sp³-hybridized carbons (Fsp3) is 0.273. The molecular formula is C22H24N6. The third kappa shape index (κ3) is 3.50. The summed E-state index contributed by atoms with van der Waals surface area (Å²) in [6, 6.07) is 16.3. The normalized spacial score (nSPS) is 11.9. The highest BCUT2D eigenvalue weighted by Gasteiger charge is 2.15. The van der Waals surface area contributed by atoms with E-state index < -0.39 is 0 Å². The molecule has 142 valence electrons. The number of nitrogens with one attached hydrogen (secondary N) is 3. The van der Waals surface area contributed by atoms with Gasteiger partial charge in [0, 0.05) is 29.4 Å². The summed E-state index contributed by atoms with van der Waals surface area (Å²) in [4.78, 5) is 3.45. The third-order valence-electron chi connectivity index (χ3n) is 5.12. The summed E-state index contributed by atoms with van der Waals surface area (Å²) < 4.78 is 0. The molecule has 2 aromatic carbocycles. The molecule has 0 amide bonds. The van der Waals surface area contributed by atoms with Crippen molar-refractivity contribution in [3.05, 3.63) is 53.6 Å². The van der Waals surface area contributed by atoms with Gasteiger partial charge in [-0.25, -0.2) is 0 Å². The number of hydrogen-bond acceptors (Lipinski definition) is 4. The molecule has 4 aromatic rings. The van der Waals surface area contributed by atoms with Gasteiger partial charge in [0.1, 0.15) is 5.69 Å². The van der Waals surface area contributed by atoms with Crippen LogP contribution in [-0.2, 0) is 6.54 Å². The van der Waals surface area contributed by atoms with Crippen LogP contribution in [0.3, 0.4) is 0 Å². The fourth-order valence-corrected chi connectivity index (χ4v) is 3.33. The average Bonchev–Trinajstić information content (AvgIpc) is 3.30. The maximum Gasteiger partial charge on any atom is 0.116 e. The average molecular weight is 372 g/mol. The Kier molecular flexibility index (Phi) is 4.63. The second-order valence-corrected chi connectivity index (χ2v) is 8.02. The molecule has 0 aliphatic carbocycles. The molecule has 28 heavy (non-hydrogen) atoms. The molecule has 6 nitrogen and oxygen atoms in total. The number of rotatable bonds is 6. The van der Waals surface area contributed by atoms with Crippen LogP contribution in [0.4, 0.5) is 0 Å². The zero-order chi connectivity index (χ0) is 19.7. The van der Waals surface area contributed by atoms with E-state index >= 15 is 0 Å². The number of fused-ring (bicyclic) bond motifs is 2. The molecule has 0 aliphatic rings. The maximum atomic E-state index is 9.06. The van der Waals surface area contributed by atoms with Gasteiger partial charge in [0.05, 0.1) is 22.8 Å². The molecule has 5 N–H and O–H groups in total. The van der Waals surface area contributed by atoms with Gasteiger partial charge in [0.25, 0.3) is 0 Å². The van der Waals surface area contributed by atoms with Gasteiger partial charge in [0.2, 0.25) is 0 Å². The van der Waals surface area contributed by atoms with E-state index in [0.29, 0.717) is 12.1 Å². The van der Waals surface area contributed by atoms with Crippen LogP contribution < -0.4 is 11.1 Å². The minimum Gasteiger partial charge on any atom is -0.353 e. The van der Waals surface area contributed by atoms with E-state index in [4.69, 9.17) is 11.0 Å². The molecule has 0 aliphatic heterocycles. The standard InChI is InChI=1S/C22H24N6/c1-22(2,12-24)13-25-11-15-4-6-18-16(7-15)9-20(26-18)21-17-5-3-14(10-23)8-19(17)27-28-21/h3-9,25-26H,11-13,24H2,1-2H3,(H,27,28). The zero-order valence-corrected chi connectivity index (χ0v) is 16.1. The number of aromatic nitrogens is 3. The van der Waals surface area contributed by atoms with Gasteiger partial charge in [-0.2, -0.15) is 10.4 Å². The smallest absolute Gasteiger partial charge is 0.116 e. The predicted octanol–water partition coefficient (Wildman–Crippen LogP) is 3.66. The molecule has 0 bridgehead atoms. The van der Waals surface area contributed by atoms with Crippen molar-refractivity contribution in [3.8, 4) is 17.5 Å². The summed E-state index contributed by atoms with van der Waals surface area (Å²) >= 11 is 0. The Labute approximate surface area is 163 Å². The van der Waals surface area contributed by atoms with Gasteiger partial charge in [-0.05, 0) is 53.9 Å². The molecule has 0 spiro atoms. The number of benzene rings is 2. The lowest BCUT2D eigenvalue weighted by atomic mass is 9.94. The Bertz CT molecular complexity index is 1170. The monoisotopic (exact) mass is 372 g/mol. The quantitative estimate of drug-likeness (QED) is 0.414. The lowest BCUT2D eigenvalue weighted by molar-refractivity contribution is 0.351. The van der Waals surface area contributed by atoms with E-state index in [0.717, 1.165) is 46.3 Å². The van der Waals surface area contributed by atoms with Crippen LogP contribution in [0.1, 0.15) is 25.0 Å². The van der Waals surface area contributed by atoms with E-state index in [9.17, 15) is 0 Å². The first-order valence-corrected chi connectivity index (χ1v) is 9.40. The highest BCUT2D eigenvalue weighted by Crippen LogP contribution is 2.29. The number of nitrogens with two attached hydrogens (primary N) is 1. The van der Waals surface area contributed by atoms with Crippen LogP contribution in [0.25, 0.3) is 33.2 Å². The van der Waals surface area contributed by atoms with Crippen LogP contribution in [0.5, 0.6) is 0 Å². The van der Waals surface area contributed by atoms with E-state index in [1.54, 1.807) is 0 Å². The van der Waals surface area contributed by atoms with Crippen LogP contribution in [0.15, 0.2) is 42.5 Å². The summed E-state index contributed by atoms with van der Waals surface area (Å²) in [5, 5.41) is 22.2. The van der Waals surface area contributed by atoms with E-state index in [1.165, 1.54) is 5.56 Å². The Balaban J connectivity index is 1.59. The molecule has 0 atom stereocenters. The molecule has 0 unspecified atom stereocenters. The minimum absolute atomic E-state index is 0.0950. The van der Waals surface area contributed by atoms with Crippen molar-refractivity contribution >= 4 is 21.8 Å². The van der Waals surface area contributed by atoms with Crippen molar-refractivity contribution in [1.29, 1.82) is 5.26 Å². The van der Waals surface area contributed by atoms with Crippen molar-refractivity contribution < 1.29 is 0 Å². The topological polar surface area (TPSA) is 106 Å². The van der Waals surface area contributed by atoms with Crippen molar-refractivity contribution in [1.82, 2.24) is 20.5 Å². The largest absolute Gasteiger partial charge is 0.353 e. The van der Waals surface area contributed by atoms with Gasteiger partial charge in [-0.1, -0.05) is 19.9 Å². The van der Waals surface area contributed by atoms with Gasteiger partial charge >= 0.3 is 0 Å². The first-order valence-electron chi connectivity index (χ1n) is 9.40. The highest BCUT2D eigenvalue weighted by molar-refractivity contribution is 5.96. The van der Waals surface area contributed by atoms with Gasteiger partial charge in [-0.15, -0.1) is 0 Å². The third-order valence-corrected chi connectivity index (χ3v) is 5.12. The second kappa shape index (κ2) is 7.12. The van der Waals surface area contributed by atoms with E-state index in [2.05, 4.69) is 64.7 Å².